The number of hydrogen-bond acceptors (Lipinski definition) is 4. The maximum atomic E-state index is 11.9. The van der Waals surface area contributed by atoms with Crippen LogP contribution in [0.3, 0.4) is 0 Å². The molecule has 3 rings (SSSR count). The number of nitrogens with one attached hydrogen (secondary N) is 1. The van der Waals surface area contributed by atoms with Crippen molar-refractivity contribution in [1.29, 1.82) is 0 Å². The fourth-order valence-corrected chi connectivity index (χ4v) is 2.93. The third kappa shape index (κ3) is 4.37. The van der Waals surface area contributed by atoms with Gasteiger partial charge in [-0.15, -0.1) is 0 Å². The Labute approximate surface area is 158 Å². The zero-order chi connectivity index (χ0) is 18.0. The number of amides is 1. The van der Waals surface area contributed by atoms with Gasteiger partial charge in [0.05, 0.1) is 15.1 Å². The number of esters is 1. The van der Waals surface area contributed by atoms with Gasteiger partial charge in [0, 0.05) is 18.2 Å². The summed E-state index contributed by atoms with van der Waals surface area (Å²) in [7, 11) is 0. The van der Waals surface area contributed by atoms with Crippen molar-refractivity contribution in [2.75, 3.05) is 11.9 Å². The molecule has 0 radical (unpaired) electrons. The summed E-state index contributed by atoms with van der Waals surface area (Å²) in [5.41, 5.74) is 1.65. The predicted octanol–water partition coefficient (Wildman–Crippen LogP) is 4.52. The van der Waals surface area contributed by atoms with Crippen molar-refractivity contribution >= 4 is 52.4 Å². The predicted molar refractivity (Wildman–Crippen MR) is 96.0 cm³/mol. The summed E-state index contributed by atoms with van der Waals surface area (Å²) in [5.74, 6) is -0.00372. The number of rotatable bonds is 4. The van der Waals surface area contributed by atoms with Gasteiger partial charge in [0.2, 0.25) is 5.91 Å². The van der Waals surface area contributed by atoms with Crippen LogP contribution in [-0.2, 0) is 16.0 Å². The number of carbonyl (C=O) groups excluding carboxylic acids is 2. The van der Waals surface area contributed by atoms with Crippen LogP contribution in [0.15, 0.2) is 30.3 Å². The number of benzene rings is 2. The minimum atomic E-state index is -0.595. The van der Waals surface area contributed by atoms with E-state index in [-0.39, 0.29) is 28.3 Å². The molecule has 0 atom stereocenters. The van der Waals surface area contributed by atoms with E-state index in [1.54, 1.807) is 18.2 Å². The molecule has 0 fully saturated rings. The zero-order valence-electron chi connectivity index (χ0n) is 12.8. The van der Waals surface area contributed by atoms with Gasteiger partial charge in [0.25, 0.3) is 0 Å². The molecule has 2 aromatic carbocycles. The first-order chi connectivity index (χ1) is 11.9. The van der Waals surface area contributed by atoms with Crippen LogP contribution in [0, 0.1) is 0 Å². The van der Waals surface area contributed by atoms with Gasteiger partial charge >= 0.3 is 5.97 Å². The second kappa shape index (κ2) is 7.52. The Morgan fingerprint density at radius 3 is 2.60 bits per heavy atom. The summed E-state index contributed by atoms with van der Waals surface area (Å²) >= 11 is 17.7. The molecule has 1 N–H and O–H groups in total. The summed E-state index contributed by atoms with van der Waals surface area (Å²) in [6.45, 7) is -0.342. The third-order valence-corrected chi connectivity index (χ3v) is 4.54. The minimum Gasteiger partial charge on any atom is -0.480 e. The number of halogens is 3. The highest BCUT2D eigenvalue weighted by Gasteiger charge is 2.16. The van der Waals surface area contributed by atoms with Crippen LogP contribution in [-0.4, -0.2) is 18.5 Å². The van der Waals surface area contributed by atoms with Crippen molar-refractivity contribution < 1.29 is 19.1 Å². The average molecular weight is 401 g/mol. The van der Waals surface area contributed by atoms with Crippen LogP contribution in [0.5, 0.6) is 11.5 Å². The Morgan fingerprint density at radius 2 is 1.80 bits per heavy atom. The van der Waals surface area contributed by atoms with E-state index in [0.717, 1.165) is 11.3 Å². The first-order valence-corrected chi connectivity index (χ1v) is 8.46. The van der Waals surface area contributed by atoms with Crippen LogP contribution in [0.25, 0.3) is 0 Å². The number of fused-ring (bicyclic) bond motifs is 1. The Kier molecular flexibility index (Phi) is 5.37. The second-order valence-electron chi connectivity index (χ2n) is 5.33. The molecule has 0 unspecified atom stereocenters. The maximum absolute atomic E-state index is 11.9. The maximum Gasteiger partial charge on any atom is 0.349 e. The van der Waals surface area contributed by atoms with E-state index < -0.39 is 5.97 Å². The molecular weight excluding hydrogens is 389 g/mol. The number of ether oxygens (including phenoxy) is 2. The number of hydrogen-bond donors (Lipinski definition) is 1. The molecule has 25 heavy (non-hydrogen) atoms. The molecule has 1 aliphatic rings. The summed E-state index contributed by atoms with van der Waals surface area (Å²) in [4.78, 5) is 23.3. The molecule has 0 saturated heterocycles. The number of anilines is 1. The van der Waals surface area contributed by atoms with Crippen LogP contribution >= 0.6 is 34.8 Å². The SMILES string of the molecule is O=C1CCc2cc(OC(=O)COc3cc(Cl)c(Cl)cc3Cl)ccc2N1. The van der Waals surface area contributed by atoms with Crippen LogP contribution in [0.2, 0.25) is 15.1 Å². The average Bonchev–Trinajstić information content (AvgIpc) is 2.57. The number of aryl methyl sites for hydroxylation is 1. The fraction of sp³-hybridized carbons (Fsp3) is 0.176. The van der Waals surface area contributed by atoms with Gasteiger partial charge in [0.15, 0.2) is 6.61 Å². The lowest BCUT2D eigenvalue weighted by molar-refractivity contribution is -0.136. The van der Waals surface area contributed by atoms with E-state index in [1.165, 1.54) is 12.1 Å². The summed E-state index contributed by atoms with van der Waals surface area (Å²) < 4.78 is 10.6. The largest absolute Gasteiger partial charge is 0.480 e. The Morgan fingerprint density at radius 1 is 1.04 bits per heavy atom. The normalized spacial score (nSPS) is 13.0. The highest BCUT2D eigenvalue weighted by molar-refractivity contribution is 6.43. The molecule has 5 nitrogen and oxygen atoms in total. The van der Waals surface area contributed by atoms with Gasteiger partial charge in [-0.2, -0.15) is 0 Å². The number of carbonyl (C=O) groups is 2. The van der Waals surface area contributed by atoms with E-state index in [4.69, 9.17) is 44.3 Å². The Hall–Kier alpha value is -1.95. The molecular formula is C17H12Cl3NO4. The van der Waals surface area contributed by atoms with Gasteiger partial charge < -0.3 is 14.8 Å². The van der Waals surface area contributed by atoms with E-state index in [0.29, 0.717) is 23.6 Å². The first-order valence-electron chi connectivity index (χ1n) is 7.33. The van der Waals surface area contributed by atoms with E-state index in [2.05, 4.69) is 5.32 Å². The summed E-state index contributed by atoms with van der Waals surface area (Å²) in [6, 6.07) is 7.89. The molecule has 130 valence electrons. The quantitative estimate of drug-likeness (QED) is 0.466. The highest BCUT2D eigenvalue weighted by atomic mass is 35.5. The molecule has 1 aliphatic heterocycles. The topological polar surface area (TPSA) is 64.6 Å². The van der Waals surface area contributed by atoms with Crippen molar-refractivity contribution in [2.24, 2.45) is 0 Å². The minimum absolute atomic E-state index is 0.0239. The molecule has 0 aliphatic carbocycles. The fourth-order valence-electron chi connectivity index (χ4n) is 2.34. The van der Waals surface area contributed by atoms with Crippen molar-refractivity contribution in [1.82, 2.24) is 0 Å². The molecule has 8 heteroatoms. The standard InChI is InChI=1S/C17H12Cl3NO4/c18-11-6-13(20)15(7-12(11)19)24-8-17(23)25-10-2-3-14-9(5-10)1-4-16(22)21-14/h2-3,5-7H,1,4,8H2,(H,21,22). The van der Waals surface area contributed by atoms with Crippen molar-refractivity contribution in [3.8, 4) is 11.5 Å². The van der Waals surface area contributed by atoms with E-state index >= 15 is 0 Å². The Balaban J connectivity index is 1.62. The van der Waals surface area contributed by atoms with Gasteiger partial charge in [-0.05, 0) is 36.2 Å². The highest BCUT2D eigenvalue weighted by Crippen LogP contribution is 2.34. The first kappa shape index (κ1) is 17.9. The molecule has 1 amide bonds. The molecule has 1 heterocycles. The van der Waals surface area contributed by atoms with E-state index in [1.807, 2.05) is 0 Å². The van der Waals surface area contributed by atoms with E-state index in [9.17, 15) is 9.59 Å². The second-order valence-corrected chi connectivity index (χ2v) is 6.55. The van der Waals surface area contributed by atoms with Crippen LogP contribution < -0.4 is 14.8 Å². The van der Waals surface area contributed by atoms with Crippen molar-refractivity contribution in [3.63, 3.8) is 0 Å². The van der Waals surface area contributed by atoms with Gasteiger partial charge in [-0.25, -0.2) is 4.79 Å². The molecule has 0 bridgehead atoms. The molecule has 0 aromatic heterocycles. The smallest absolute Gasteiger partial charge is 0.349 e. The van der Waals surface area contributed by atoms with Gasteiger partial charge in [0.1, 0.15) is 11.5 Å². The van der Waals surface area contributed by atoms with Crippen molar-refractivity contribution in [3.05, 3.63) is 51.0 Å². The summed E-state index contributed by atoms with van der Waals surface area (Å²) in [5, 5.41) is 3.57. The summed E-state index contributed by atoms with van der Waals surface area (Å²) in [6.07, 6.45) is 1.01. The monoisotopic (exact) mass is 399 g/mol. The lowest BCUT2D eigenvalue weighted by atomic mass is 10.0. The van der Waals surface area contributed by atoms with Gasteiger partial charge in [-0.3, -0.25) is 4.79 Å². The van der Waals surface area contributed by atoms with Gasteiger partial charge in [-0.1, -0.05) is 34.8 Å². The zero-order valence-corrected chi connectivity index (χ0v) is 15.0. The molecule has 0 saturated carbocycles. The third-order valence-electron chi connectivity index (χ3n) is 3.52. The van der Waals surface area contributed by atoms with Crippen LogP contribution in [0.4, 0.5) is 5.69 Å². The Bertz CT molecular complexity index is 854. The molecule has 0 spiro atoms. The van der Waals surface area contributed by atoms with Crippen LogP contribution in [0.1, 0.15) is 12.0 Å². The molecule has 2 aromatic rings. The van der Waals surface area contributed by atoms with Crippen molar-refractivity contribution in [2.45, 2.75) is 12.8 Å². The lowest BCUT2D eigenvalue weighted by Gasteiger charge is -2.17. The lowest BCUT2D eigenvalue weighted by Crippen LogP contribution is -2.20.